The zero-order valence-corrected chi connectivity index (χ0v) is 14.4. The molecule has 0 saturated carbocycles. The summed E-state index contributed by atoms with van der Waals surface area (Å²) in [5.74, 6) is 0. The van der Waals surface area contributed by atoms with E-state index < -0.39 is 0 Å². The number of fused-ring (bicyclic) bond motifs is 6. The molecular weight excluding hydrogens is 316 g/mol. The number of anilines is 1. The molecule has 1 fully saturated rings. The smallest absolute Gasteiger partial charge is 0.0927 e. The average Bonchev–Trinajstić information content (AvgIpc) is 3.21. The van der Waals surface area contributed by atoms with Crippen molar-refractivity contribution in [1.29, 1.82) is 0 Å². The number of hydrogen-bond donors (Lipinski definition) is 0. The fourth-order valence-electron chi connectivity index (χ4n) is 4.73. The molecule has 1 saturated heterocycles. The van der Waals surface area contributed by atoms with Crippen molar-refractivity contribution in [3.05, 3.63) is 76.9 Å². The van der Waals surface area contributed by atoms with Gasteiger partial charge < -0.3 is 9.47 Å². The number of aromatic nitrogens is 1. The molecule has 0 amide bonds. The quantitative estimate of drug-likeness (QED) is 0.593. The van der Waals surface area contributed by atoms with Crippen LogP contribution in [0.5, 0.6) is 0 Å². The van der Waals surface area contributed by atoms with Gasteiger partial charge in [-0.2, -0.15) is 0 Å². The molecule has 2 aliphatic rings. The molecule has 2 nitrogen and oxygen atoms in total. The van der Waals surface area contributed by atoms with Gasteiger partial charge in [-0.05, 0) is 42.7 Å². The van der Waals surface area contributed by atoms with E-state index in [-0.39, 0.29) is 5.54 Å². The molecule has 1 unspecified atom stereocenters. The van der Waals surface area contributed by atoms with Gasteiger partial charge in [-0.15, -0.1) is 0 Å². The Morgan fingerprint density at radius 3 is 2.71 bits per heavy atom. The average molecular weight is 335 g/mol. The first kappa shape index (κ1) is 14.2. The third kappa shape index (κ3) is 1.67. The fourth-order valence-corrected chi connectivity index (χ4v) is 4.90. The normalized spacial score (nSPS) is 21.3. The van der Waals surface area contributed by atoms with Gasteiger partial charge >= 0.3 is 0 Å². The van der Waals surface area contributed by atoms with Gasteiger partial charge in [0.15, 0.2) is 0 Å². The highest BCUT2D eigenvalue weighted by Gasteiger charge is 2.49. The molecule has 5 rings (SSSR count). The van der Waals surface area contributed by atoms with E-state index in [1.807, 2.05) is 6.07 Å². The molecule has 0 radical (unpaired) electrons. The van der Waals surface area contributed by atoms with Crippen LogP contribution < -0.4 is 4.90 Å². The Hall–Kier alpha value is -2.19. The summed E-state index contributed by atoms with van der Waals surface area (Å²) in [5, 5.41) is 0.798. The molecule has 2 aliphatic heterocycles. The van der Waals surface area contributed by atoms with Crippen LogP contribution in [-0.4, -0.2) is 11.1 Å². The first-order chi connectivity index (χ1) is 11.7. The second-order valence-corrected chi connectivity index (χ2v) is 7.27. The molecule has 3 heterocycles. The standard InChI is InChI=1S/C21H19ClN2/c1-23-13-10-18-20(23)17-14-16(22)8-9-19(17)24-12-5-11-21(18,24)15-6-3-2-4-7-15/h2-4,6-10,13-14H,5,11-12H2,1H3. The van der Waals surface area contributed by atoms with E-state index in [4.69, 9.17) is 11.6 Å². The highest BCUT2D eigenvalue weighted by atomic mass is 35.5. The van der Waals surface area contributed by atoms with Crippen molar-refractivity contribution >= 4 is 17.3 Å². The summed E-state index contributed by atoms with van der Waals surface area (Å²) in [7, 11) is 2.13. The van der Waals surface area contributed by atoms with Crippen LogP contribution in [0, 0.1) is 0 Å². The number of halogens is 1. The van der Waals surface area contributed by atoms with Gasteiger partial charge in [0.25, 0.3) is 0 Å². The Bertz CT molecular complexity index is 928. The predicted octanol–water partition coefficient (Wildman–Crippen LogP) is 5.20. The Morgan fingerprint density at radius 1 is 1.04 bits per heavy atom. The van der Waals surface area contributed by atoms with Crippen molar-refractivity contribution in [2.24, 2.45) is 7.05 Å². The molecule has 0 aliphatic carbocycles. The van der Waals surface area contributed by atoms with E-state index >= 15 is 0 Å². The molecule has 2 aromatic carbocycles. The zero-order valence-electron chi connectivity index (χ0n) is 13.7. The summed E-state index contributed by atoms with van der Waals surface area (Å²) >= 11 is 6.33. The monoisotopic (exact) mass is 334 g/mol. The Balaban J connectivity index is 1.88. The van der Waals surface area contributed by atoms with E-state index in [0.717, 1.165) is 18.0 Å². The maximum atomic E-state index is 6.33. The van der Waals surface area contributed by atoms with Gasteiger partial charge in [0, 0.05) is 41.6 Å². The van der Waals surface area contributed by atoms with Crippen LogP contribution in [0.1, 0.15) is 24.0 Å². The summed E-state index contributed by atoms with van der Waals surface area (Å²) in [6.45, 7) is 1.08. The third-order valence-corrected chi connectivity index (χ3v) is 5.89. The minimum atomic E-state index is -0.0569. The second-order valence-electron chi connectivity index (χ2n) is 6.83. The Morgan fingerprint density at radius 2 is 1.88 bits per heavy atom. The maximum absolute atomic E-state index is 6.33. The highest BCUT2D eigenvalue weighted by molar-refractivity contribution is 6.31. The van der Waals surface area contributed by atoms with Crippen LogP contribution in [0.2, 0.25) is 5.02 Å². The Labute approximate surface area is 147 Å². The van der Waals surface area contributed by atoms with Gasteiger partial charge in [0.1, 0.15) is 0 Å². The molecule has 0 bridgehead atoms. The summed E-state index contributed by atoms with van der Waals surface area (Å²) in [5.41, 5.74) is 6.58. The summed E-state index contributed by atoms with van der Waals surface area (Å²) in [6, 6.07) is 19.6. The lowest BCUT2D eigenvalue weighted by Crippen LogP contribution is -2.45. The van der Waals surface area contributed by atoms with Crippen molar-refractivity contribution in [3.63, 3.8) is 0 Å². The van der Waals surface area contributed by atoms with E-state index in [1.54, 1.807) is 0 Å². The lowest BCUT2D eigenvalue weighted by atomic mass is 9.76. The molecule has 0 N–H and O–H groups in total. The zero-order chi connectivity index (χ0) is 16.3. The van der Waals surface area contributed by atoms with Crippen LogP contribution in [0.3, 0.4) is 0 Å². The molecule has 120 valence electrons. The summed E-state index contributed by atoms with van der Waals surface area (Å²) in [4.78, 5) is 2.59. The maximum Gasteiger partial charge on any atom is 0.0927 e. The van der Waals surface area contributed by atoms with Gasteiger partial charge in [-0.25, -0.2) is 0 Å². The van der Waals surface area contributed by atoms with E-state index in [2.05, 4.69) is 71.2 Å². The first-order valence-electron chi connectivity index (χ1n) is 8.51. The van der Waals surface area contributed by atoms with Crippen LogP contribution >= 0.6 is 11.6 Å². The molecule has 24 heavy (non-hydrogen) atoms. The van der Waals surface area contributed by atoms with Crippen molar-refractivity contribution in [3.8, 4) is 11.3 Å². The van der Waals surface area contributed by atoms with Crippen LogP contribution in [0.25, 0.3) is 11.3 Å². The van der Waals surface area contributed by atoms with E-state index in [1.165, 1.54) is 34.5 Å². The van der Waals surface area contributed by atoms with Gasteiger partial charge in [-0.3, -0.25) is 0 Å². The number of aryl methyl sites for hydroxylation is 1. The second kappa shape index (κ2) is 4.90. The van der Waals surface area contributed by atoms with Gasteiger partial charge in [0.05, 0.1) is 11.2 Å². The molecule has 1 atom stereocenters. The van der Waals surface area contributed by atoms with E-state index in [9.17, 15) is 0 Å². The van der Waals surface area contributed by atoms with Crippen molar-refractivity contribution in [1.82, 2.24) is 4.57 Å². The third-order valence-electron chi connectivity index (χ3n) is 5.66. The largest absolute Gasteiger partial charge is 0.357 e. The lowest BCUT2D eigenvalue weighted by Gasteiger charge is -2.45. The summed E-state index contributed by atoms with van der Waals surface area (Å²) in [6.07, 6.45) is 4.53. The lowest BCUT2D eigenvalue weighted by molar-refractivity contribution is 0.532. The van der Waals surface area contributed by atoms with Crippen molar-refractivity contribution in [2.75, 3.05) is 11.4 Å². The number of nitrogens with zero attached hydrogens (tertiary/aromatic N) is 2. The van der Waals surface area contributed by atoms with Crippen LogP contribution in [0.4, 0.5) is 5.69 Å². The SMILES string of the molecule is Cn1ccc2c1-c1cc(Cl)ccc1N1CCCC21c1ccccc1. The van der Waals surface area contributed by atoms with Crippen LogP contribution in [0.15, 0.2) is 60.8 Å². The summed E-state index contributed by atoms with van der Waals surface area (Å²) < 4.78 is 2.24. The minimum absolute atomic E-state index is 0.0569. The van der Waals surface area contributed by atoms with Crippen molar-refractivity contribution in [2.45, 2.75) is 18.4 Å². The predicted molar refractivity (Wildman–Crippen MR) is 99.7 cm³/mol. The number of rotatable bonds is 1. The van der Waals surface area contributed by atoms with Gasteiger partial charge in [0.2, 0.25) is 0 Å². The minimum Gasteiger partial charge on any atom is -0.357 e. The Kier molecular flexibility index (Phi) is 2.90. The molecular formula is C21H19ClN2. The molecule has 0 spiro atoms. The van der Waals surface area contributed by atoms with Gasteiger partial charge in [-0.1, -0.05) is 41.9 Å². The number of benzene rings is 2. The highest BCUT2D eigenvalue weighted by Crippen LogP contribution is 2.56. The van der Waals surface area contributed by atoms with E-state index in [0.29, 0.717) is 0 Å². The molecule has 3 aromatic rings. The first-order valence-corrected chi connectivity index (χ1v) is 8.88. The number of hydrogen-bond acceptors (Lipinski definition) is 1. The fraction of sp³-hybridized carbons (Fsp3) is 0.238. The topological polar surface area (TPSA) is 8.17 Å². The molecule has 1 aromatic heterocycles. The molecule has 3 heteroatoms. The van der Waals surface area contributed by atoms with Crippen LogP contribution in [-0.2, 0) is 12.6 Å². The van der Waals surface area contributed by atoms with Crippen molar-refractivity contribution < 1.29 is 0 Å².